The molecule has 1 amide bonds. The molecule has 0 unspecified atom stereocenters. The van der Waals surface area contributed by atoms with Crippen molar-refractivity contribution in [2.24, 2.45) is 11.1 Å². The quantitative estimate of drug-likeness (QED) is 0.772. The minimum absolute atomic E-state index is 0.0250. The Labute approximate surface area is 109 Å². The molecule has 0 bridgehead atoms. The van der Waals surface area contributed by atoms with E-state index in [4.69, 9.17) is 10.5 Å². The molecular weight excluding hydrogens is 228 g/mol. The Bertz CT molecular complexity index is 363. The molecule has 18 heavy (non-hydrogen) atoms. The summed E-state index contributed by atoms with van der Waals surface area (Å²) >= 11 is 0. The van der Waals surface area contributed by atoms with E-state index in [9.17, 15) is 4.79 Å². The maximum absolute atomic E-state index is 11.6. The minimum Gasteiger partial charge on any atom is -0.484 e. The molecule has 0 saturated heterocycles. The van der Waals surface area contributed by atoms with Gasteiger partial charge in [0.15, 0.2) is 6.61 Å². The monoisotopic (exact) mass is 250 g/mol. The van der Waals surface area contributed by atoms with Gasteiger partial charge in [-0.1, -0.05) is 32.0 Å². The van der Waals surface area contributed by atoms with Crippen LogP contribution in [-0.4, -0.2) is 25.6 Å². The summed E-state index contributed by atoms with van der Waals surface area (Å²) in [6.07, 6.45) is 0.882. The third-order valence-electron chi connectivity index (χ3n) is 2.70. The van der Waals surface area contributed by atoms with Crippen LogP contribution in [0.1, 0.15) is 20.3 Å². The molecule has 4 heteroatoms. The highest BCUT2D eigenvalue weighted by Gasteiger charge is 2.17. The van der Waals surface area contributed by atoms with Gasteiger partial charge in [-0.2, -0.15) is 0 Å². The molecule has 0 aliphatic carbocycles. The lowest BCUT2D eigenvalue weighted by molar-refractivity contribution is -0.123. The molecule has 1 rings (SSSR count). The number of carbonyl (C=O) groups excluding carboxylic acids is 1. The van der Waals surface area contributed by atoms with Gasteiger partial charge in [0.25, 0.3) is 5.91 Å². The lowest BCUT2D eigenvalue weighted by Gasteiger charge is -2.24. The van der Waals surface area contributed by atoms with Crippen molar-refractivity contribution < 1.29 is 9.53 Å². The lowest BCUT2D eigenvalue weighted by atomic mass is 9.89. The fourth-order valence-corrected chi connectivity index (χ4v) is 1.53. The van der Waals surface area contributed by atoms with Crippen molar-refractivity contribution in [3.63, 3.8) is 0 Å². The predicted octanol–water partition coefficient (Wildman–Crippen LogP) is 1.56. The Kier molecular flexibility index (Phi) is 5.65. The molecule has 0 fully saturated rings. The molecule has 0 aromatic heterocycles. The molecule has 0 aliphatic rings. The van der Waals surface area contributed by atoms with Crippen LogP contribution in [0, 0.1) is 5.41 Å². The van der Waals surface area contributed by atoms with Crippen molar-refractivity contribution in [2.45, 2.75) is 20.3 Å². The number of amides is 1. The van der Waals surface area contributed by atoms with Gasteiger partial charge in [0.2, 0.25) is 0 Å². The van der Waals surface area contributed by atoms with E-state index < -0.39 is 0 Å². The number of carbonyl (C=O) groups is 1. The van der Waals surface area contributed by atoms with Gasteiger partial charge < -0.3 is 15.8 Å². The highest BCUT2D eigenvalue weighted by molar-refractivity contribution is 5.77. The number of nitrogens with one attached hydrogen (secondary N) is 1. The second-order valence-corrected chi connectivity index (χ2v) is 5.08. The number of rotatable bonds is 7. The molecule has 0 aliphatic heterocycles. The zero-order valence-electron chi connectivity index (χ0n) is 11.1. The average molecular weight is 250 g/mol. The molecular formula is C14H22N2O2. The first-order valence-corrected chi connectivity index (χ1v) is 6.18. The molecule has 1 aromatic carbocycles. The summed E-state index contributed by atoms with van der Waals surface area (Å²) in [5.74, 6) is 0.595. The van der Waals surface area contributed by atoms with Gasteiger partial charge in [-0.3, -0.25) is 4.79 Å². The van der Waals surface area contributed by atoms with Crippen molar-refractivity contribution >= 4 is 5.91 Å². The van der Waals surface area contributed by atoms with E-state index in [1.807, 2.05) is 30.3 Å². The van der Waals surface area contributed by atoms with Gasteiger partial charge in [0, 0.05) is 6.54 Å². The van der Waals surface area contributed by atoms with Gasteiger partial charge >= 0.3 is 0 Å². The smallest absolute Gasteiger partial charge is 0.257 e. The van der Waals surface area contributed by atoms with Crippen LogP contribution in [0.5, 0.6) is 5.75 Å². The number of hydrogen-bond acceptors (Lipinski definition) is 3. The average Bonchev–Trinajstić information content (AvgIpc) is 2.35. The number of para-hydroxylation sites is 1. The topological polar surface area (TPSA) is 64.3 Å². The Hall–Kier alpha value is -1.55. The Morgan fingerprint density at radius 1 is 1.33 bits per heavy atom. The molecule has 3 N–H and O–H groups in total. The number of hydrogen-bond donors (Lipinski definition) is 2. The Balaban J connectivity index is 2.26. The van der Waals surface area contributed by atoms with E-state index in [1.54, 1.807) is 0 Å². The van der Waals surface area contributed by atoms with Crippen LogP contribution in [0.4, 0.5) is 0 Å². The molecule has 0 atom stereocenters. The first kappa shape index (κ1) is 14.5. The summed E-state index contributed by atoms with van der Waals surface area (Å²) < 4.78 is 5.36. The van der Waals surface area contributed by atoms with Crippen molar-refractivity contribution in [1.82, 2.24) is 5.32 Å². The Morgan fingerprint density at radius 2 is 2.00 bits per heavy atom. The zero-order chi connectivity index (χ0) is 13.4. The van der Waals surface area contributed by atoms with Crippen LogP contribution in [0.25, 0.3) is 0 Å². The molecule has 4 nitrogen and oxygen atoms in total. The molecule has 1 aromatic rings. The largest absolute Gasteiger partial charge is 0.484 e. The zero-order valence-corrected chi connectivity index (χ0v) is 11.1. The molecule has 0 heterocycles. The fraction of sp³-hybridized carbons (Fsp3) is 0.500. The number of ether oxygens (including phenoxy) is 1. The fourth-order valence-electron chi connectivity index (χ4n) is 1.53. The van der Waals surface area contributed by atoms with Gasteiger partial charge in [-0.25, -0.2) is 0 Å². The summed E-state index contributed by atoms with van der Waals surface area (Å²) in [5, 5.41) is 2.86. The highest BCUT2D eigenvalue weighted by atomic mass is 16.5. The third kappa shape index (κ3) is 5.68. The van der Waals surface area contributed by atoms with E-state index in [2.05, 4.69) is 19.2 Å². The maximum atomic E-state index is 11.6. The van der Waals surface area contributed by atoms with Crippen molar-refractivity contribution in [3.05, 3.63) is 30.3 Å². The molecule has 0 radical (unpaired) electrons. The van der Waals surface area contributed by atoms with E-state index in [0.717, 1.165) is 6.42 Å². The van der Waals surface area contributed by atoms with Crippen molar-refractivity contribution in [2.75, 3.05) is 19.7 Å². The maximum Gasteiger partial charge on any atom is 0.257 e. The van der Waals surface area contributed by atoms with E-state index >= 15 is 0 Å². The summed E-state index contributed by atoms with van der Waals surface area (Å²) in [6, 6.07) is 9.30. The van der Waals surface area contributed by atoms with Gasteiger partial charge in [-0.15, -0.1) is 0 Å². The lowest BCUT2D eigenvalue weighted by Crippen LogP contribution is -2.37. The van der Waals surface area contributed by atoms with Crippen molar-refractivity contribution in [1.29, 1.82) is 0 Å². The SMILES string of the molecule is CC(C)(CCN)CNC(=O)COc1ccccc1. The molecule has 0 spiro atoms. The van der Waals surface area contributed by atoms with Gasteiger partial charge in [-0.05, 0) is 30.5 Å². The Morgan fingerprint density at radius 3 is 2.61 bits per heavy atom. The summed E-state index contributed by atoms with van der Waals surface area (Å²) in [5.41, 5.74) is 5.54. The summed E-state index contributed by atoms with van der Waals surface area (Å²) in [6.45, 7) is 5.45. The van der Waals surface area contributed by atoms with Crippen LogP contribution in [0.3, 0.4) is 0 Å². The highest BCUT2D eigenvalue weighted by Crippen LogP contribution is 2.17. The van der Waals surface area contributed by atoms with Crippen LogP contribution in [-0.2, 0) is 4.79 Å². The van der Waals surface area contributed by atoms with Crippen LogP contribution >= 0.6 is 0 Å². The molecule has 100 valence electrons. The van der Waals surface area contributed by atoms with Gasteiger partial charge in [0.05, 0.1) is 0 Å². The minimum atomic E-state index is -0.107. The first-order chi connectivity index (χ1) is 8.53. The van der Waals surface area contributed by atoms with E-state index in [-0.39, 0.29) is 17.9 Å². The summed E-state index contributed by atoms with van der Waals surface area (Å²) in [7, 11) is 0. The predicted molar refractivity (Wildman–Crippen MR) is 72.4 cm³/mol. The third-order valence-corrected chi connectivity index (χ3v) is 2.70. The van der Waals surface area contributed by atoms with Crippen LogP contribution in [0.15, 0.2) is 30.3 Å². The first-order valence-electron chi connectivity index (χ1n) is 6.18. The van der Waals surface area contributed by atoms with Crippen LogP contribution in [0.2, 0.25) is 0 Å². The number of benzene rings is 1. The standard InChI is InChI=1S/C14H22N2O2/c1-14(2,8-9-15)11-16-13(17)10-18-12-6-4-3-5-7-12/h3-7H,8-11,15H2,1-2H3,(H,16,17). The van der Waals surface area contributed by atoms with Crippen LogP contribution < -0.4 is 15.8 Å². The van der Waals surface area contributed by atoms with Crippen molar-refractivity contribution in [3.8, 4) is 5.75 Å². The second kappa shape index (κ2) is 7.01. The summed E-state index contributed by atoms with van der Waals surface area (Å²) in [4.78, 5) is 11.6. The normalized spacial score (nSPS) is 11.1. The van der Waals surface area contributed by atoms with E-state index in [0.29, 0.717) is 18.8 Å². The number of nitrogens with two attached hydrogens (primary N) is 1. The second-order valence-electron chi connectivity index (χ2n) is 5.08. The van der Waals surface area contributed by atoms with Gasteiger partial charge in [0.1, 0.15) is 5.75 Å². The van der Waals surface area contributed by atoms with E-state index in [1.165, 1.54) is 0 Å². The molecule has 0 saturated carbocycles.